The van der Waals surface area contributed by atoms with E-state index in [0.29, 0.717) is 11.2 Å². The highest BCUT2D eigenvalue weighted by Gasteiger charge is 2.65. The number of ether oxygens (including phenoxy) is 3. The van der Waals surface area contributed by atoms with Gasteiger partial charge in [0.05, 0.1) is 38.8 Å². The lowest BCUT2D eigenvalue weighted by Gasteiger charge is -2.34. The first-order valence-electron chi connectivity index (χ1n) is 13.2. The molecule has 0 aromatic carbocycles. The number of nitrogens with zero attached hydrogens (tertiary/aromatic N) is 7. The van der Waals surface area contributed by atoms with Crippen LogP contribution in [-0.4, -0.2) is 99.9 Å². The van der Waals surface area contributed by atoms with Gasteiger partial charge in [-0.15, -0.1) is 0 Å². The number of H-pyrrole nitrogens is 1. The minimum atomic E-state index is -4.35. The molecule has 4 aliphatic rings. The van der Waals surface area contributed by atoms with Crippen LogP contribution in [0.3, 0.4) is 0 Å². The van der Waals surface area contributed by atoms with Crippen molar-refractivity contribution in [2.45, 2.75) is 48.6 Å². The zero-order valence-electron chi connectivity index (χ0n) is 22.4. The van der Waals surface area contributed by atoms with Crippen molar-refractivity contribution in [3.63, 3.8) is 0 Å². The van der Waals surface area contributed by atoms with Gasteiger partial charge in [0.15, 0.2) is 41.3 Å². The fourth-order valence-corrected chi connectivity index (χ4v) is 8.83. The number of aromatic nitrogens is 8. The maximum Gasteiger partial charge on any atom is 0.386 e. The van der Waals surface area contributed by atoms with Gasteiger partial charge in [-0.25, -0.2) is 33.9 Å². The van der Waals surface area contributed by atoms with Crippen molar-refractivity contribution in [2.75, 3.05) is 25.6 Å². The van der Waals surface area contributed by atoms with Crippen LogP contribution < -0.4 is 11.3 Å². The van der Waals surface area contributed by atoms with E-state index in [4.69, 9.17) is 49.8 Å². The first kappa shape index (κ1) is 29.9. The third-order valence-electron chi connectivity index (χ3n) is 7.92. The number of anilines is 1. The summed E-state index contributed by atoms with van der Waals surface area (Å²) >= 11 is 9.42. The van der Waals surface area contributed by atoms with E-state index in [2.05, 4.69) is 42.2 Å². The van der Waals surface area contributed by atoms with Crippen LogP contribution in [-0.2, 0) is 48.7 Å². The third-order valence-corrected chi connectivity index (χ3v) is 11.1. The van der Waals surface area contributed by atoms with E-state index < -0.39 is 80.9 Å². The van der Waals surface area contributed by atoms with Crippen molar-refractivity contribution < 1.29 is 46.2 Å². The smallest absolute Gasteiger partial charge is 0.382 e. The number of nitrogen functional groups attached to an aromatic ring is 1. The van der Waals surface area contributed by atoms with Crippen LogP contribution in [0.2, 0.25) is 0 Å². The summed E-state index contributed by atoms with van der Waals surface area (Å²) in [7, 11) is 0. The number of halogens is 1. The molecule has 0 spiro atoms. The molecular weight excluding hydrogens is 683 g/mol. The van der Waals surface area contributed by atoms with Gasteiger partial charge in [0.2, 0.25) is 0 Å². The Hall–Kier alpha value is -2.46. The highest BCUT2D eigenvalue weighted by molar-refractivity contribution is 8.44. The molecule has 24 heteroatoms. The summed E-state index contributed by atoms with van der Waals surface area (Å²) in [5, 5.41) is 0. The molecule has 45 heavy (non-hydrogen) atoms. The van der Waals surface area contributed by atoms with E-state index in [1.807, 2.05) is 0 Å². The Labute approximate surface area is 260 Å². The second-order valence-electron chi connectivity index (χ2n) is 10.6. The van der Waals surface area contributed by atoms with Gasteiger partial charge in [-0.05, 0) is 11.8 Å². The molecule has 4 aliphatic heterocycles. The van der Waals surface area contributed by atoms with E-state index >= 15 is 4.39 Å². The summed E-state index contributed by atoms with van der Waals surface area (Å²) in [5.41, 5.74) is 4.51. The second-order valence-corrected chi connectivity index (χ2v) is 16.3. The number of nitrogens with one attached hydrogen (secondary N) is 1. The summed E-state index contributed by atoms with van der Waals surface area (Å²) in [6.07, 6.45) is -4.34. The Kier molecular flexibility index (Phi) is 7.00. The first-order valence-corrected chi connectivity index (χ1v) is 18.5. The highest BCUT2D eigenvalue weighted by Crippen LogP contribution is 2.61. The molecule has 0 aliphatic carbocycles. The van der Waals surface area contributed by atoms with Crippen LogP contribution in [0, 0.1) is 0 Å². The van der Waals surface area contributed by atoms with Crippen LogP contribution in [0.5, 0.6) is 0 Å². The van der Waals surface area contributed by atoms with Crippen LogP contribution in [0.1, 0.15) is 12.5 Å². The summed E-state index contributed by atoms with van der Waals surface area (Å²) in [5.74, 6) is 0.145. The summed E-state index contributed by atoms with van der Waals surface area (Å²) in [4.78, 5) is 46.1. The normalized spacial score (nSPS) is 40.3. The Balaban J connectivity index is 1.10. The molecule has 4 aromatic rings. The van der Waals surface area contributed by atoms with E-state index in [1.54, 1.807) is 4.57 Å². The fraction of sp³-hybridized carbons (Fsp3) is 0.524. The zero-order valence-corrected chi connectivity index (χ0v) is 25.9. The maximum atomic E-state index is 16.0. The third kappa shape index (κ3) is 4.86. The van der Waals surface area contributed by atoms with Gasteiger partial charge in [0.1, 0.15) is 41.9 Å². The van der Waals surface area contributed by atoms with E-state index in [9.17, 15) is 14.3 Å². The van der Waals surface area contributed by atoms with Gasteiger partial charge in [-0.1, -0.05) is 12.2 Å². The predicted octanol–water partition coefficient (Wildman–Crippen LogP) is 0.515. The average molecular weight is 706 g/mol. The van der Waals surface area contributed by atoms with E-state index in [1.165, 1.54) is 23.5 Å². The molecule has 0 amide bonds. The molecule has 240 valence electrons. The molecular formula is C21H22FN9O10P2S2. The minimum absolute atomic E-state index is 0.0278. The summed E-state index contributed by atoms with van der Waals surface area (Å²) < 4.78 is 73.4. The van der Waals surface area contributed by atoms with Gasteiger partial charge in [0, 0.05) is 0 Å². The molecule has 4 N–H and O–H groups in total. The lowest BCUT2D eigenvalue weighted by atomic mass is 10.0. The Morgan fingerprint density at radius 3 is 2.64 bits per heavy atom. The van der Waals surface area contributed by atoms with Crippen LogP contribution >= 0.6 is 25.8 Å². The SMILES string of the molecule is Nc1ncnc2c1ncn2[C@@H]1O[C@@]23CO[C@@H]1[C@@H]2OP(O)(=S)OC[C@H]1O[C@@H](n2cnc4c(=O)[nH]cnc42)[C@H](F)[C@@H]1OP(=O)(S)OC3. The van der Waals surface area contributed by atoms with E-state index in [0.717, 1.165) is 6.33 Å². The number of hydrogen-bond acceptors (Lipinski definition) is 16. The number of hydrogen-bond donors (Lipinski definition) is 4. The number of aromatic amines is 1. The van der Waals surface area contributed by atoms with Crippen LogP contribution in [0.25, 0.3) is 22.3 Å². The number of alkyl halides is 1. The topological polar surface area (TPSA) is 235 Å². The van der Waals surface area contributed by atoms with Gasteiger partial charge in [-0.2, -0.15) is 0 Å². The number of thiol groups is 1. The molecule has 4 aromatic heterocycles. The Morgan fingerprint density at radius 1 is 1.07 bits per heavy atom. The Morgan fingerprint density at radius 2 is 1.82 bits per heavy atom. The van der Waals surface area contributed by atoms with Crippen LogP contribution in [0.15, 0.2) is 30.1 Å². The largest absolute Gasteiger partial charge is 0.386 e. The minimum Gasteiger partial charge on any atom is -0.382 e. The highest BCUT2D eigenvalue weighted by atomic mass is 32.7. The fourth-order valence-electron chi connectivity index (χ4n) is 5.88. The monoisotopic (exact) mass is 705 g/mol. The molecule has 8 rings (SSSR count). The molecule has 8 heterocycles. The molecule has 4 saturated heterocycles. The maximum absolute atomic E-state index is 16.0. The van der Waals surface area contributed by atoms with Crippen molar-refractivity contribution in [1.82, 2.24) is 39.0 Å². The van der Waals surface area contributed by atoms with Crippen molar-refractivity contribution in [3.8, 4) is 0 Å². The van der Waals surface area contributed by atoms with Crippen LogP contribution in [0.4, 0.5) is 10.2 Å². The molecule has 2 unspecified atom stereocenters. The molecule has 10 atom stereocenters. The lowest BCUT2D eigenvalue weighted by Crippen LogP contribution is -2.46. The summed E-state index contributed by atoms with van der Waals surface area (Å²) in [6.45, 7) is -9.65. The standard InChI is InChI=1S/C21H22FN9O10P2S2/c22-9-12-8(38-19(9)30-7-29-11-17(30)26-5-27-18(11)32)1-36-42(33,44)41-14-13-20(31-6-28-10-15(23)24-4-25-16(10)31)39-21(14,2-35-13)3-37-43(34,45)40-12/h4-9,12-14,19-20H,1-3H2,(H,33,44)(H,34,45)(H2,23,24,25)(H,26,27,32)/t8-,9-,12-,13-,14+,19-,20-,21-,42?,43?/m1/s1. The second kappa shape index (κ2) is 10.5. The van der Waals surface area contributed by atoms with Gasteiger partial charge >= 0.3 is 13.5 Å². The lowest BCUT2D eigenvalue weighted by molar-refractivity contribution is -0.183. The number of fused-ring (bicyclic) bond motifs is 3. The van der Waals surface area contributed by atoms with Gasteiger partial charge < -0.3 is 34.3 Å². The molecule has 0 radical (unpaired) electrons. The predicted molar refractivity (Wildman–Crippen MR) is 154 cm³/mol. The summed E-state index contributed by atoms with van der Waals surface area (Å²) in [6, 6.07) is 0. The molecule has 0 saturated carbocycles. The average Bonchev–Trinajstić information content (AvgIpc) is 3.80. The van der Waals surface area contributed by atoms with Crippen molar-refractivity contribution in [2.24, 2.45) is 0 Å². The quantitative estimate of drug-likeness (QED) is 0.164. The zero-order chi connectivity index (χ0) is 31.3. The molecule has 4 fully saturated rings. The number of rotatable bonds is 2. The van der Waals surface area contributed by atoms with Crippen molar-refractivity contribution in [3.05, 3.63) is 35.7 Å². The molecule has 2 bridgehead atoms. The number of imidazole rings is 2. The first-order chi connectivity index (χ1) is 21.5. The molecule has 19 nitrogen and oxygen atoms in total. The Bertz CT molecular complexity index is 1980. The van der Waals surface area contributed by atoms with E-state index in [-0.39, 0.29) is 23.6 Å². The van der Waals surface area contributed by atoms with Crippen molar-refractivity contribution >= 4 is 65.7 Å². The van der Waals surface area contributed by atoms with Gasteiger partial charge in [0.25, 0.3) is 5.56 Å². The number of nitrogens with two attached hydrogens (primary N) is 1. The van der Waals surface area contributed by atoms with Gasteiger partial charge in [-0.3, -0.25) is 27.5 Å². The van der Waals surface area contributed by atoms with Crippen molar-refractivity contribution in [1.29, 1.82) is 0 Å².